The summed E-state index contributed by atoms with van der Waals surface area (Å²) in [6.07, 6.45) is 8.22. The number of likely N-dealkylation sites (N-methyl/N-ethyl adjacent to an activating group) is 1. The summed E-state index contributed by atoms with van der Waals surface area (Å²) in [6.45, 7) is 6.34. The summed E-state index contributed by atoms with van der Waals surface area (Å²) in [6, 6.07) is 11.9. The maximum atomic E-state index is 6.07. The number of fused-ring (bicyclic) bond motifs is 5. The van der Waals surface area contributed by atoms with E-state index in [4.69, 9.17) is 29.9 Å². The number of benzene rings is 2. The second-order valence-electron chi connectivity index (χ2n) is 9.47. The average molecular weight is 528 g/mol. The number of terminal acetylenes is 1. The molecule has 4 aromatic rings. The molecule has 2 aromatic carbocycles. The van der Waals surface area contributed by atoms with E-state index in [0.29, 0.717) is 37.0 Å². The average Bonchev–Trinajstić information content (AvgIpc) is 3.62. The predicted molar refractivity (Wildman–Crippen MR) is 152 cm³/mol. The minimum Gasteiger partial charge on any atom is -0.492 e. The van der Waals surface area contributed by atoms with Gasteiger partial charge >= 0.3 is 0 Å². The maximum absolute atomic E-state index is 6.07. The fraction of sp³-hybridized carbons (Fsp3) is 0.323. The van der Waals surface area contributed by atoms with Crippen LogP contribution in [0, 0.1) is 12.3 Å². The zero-order chi connectivity index (χ0) is 27.5. The Morgan fingerprint density at radius 2 is 1.77 bits per heavy atom. The molecule has 39 heavy (non-hydrogen) atoms. The van der Waals surface area contributed by atoms with E-state index in [-0.39, 0.29) is 0 Å². The van der Waals surface area contributed by atoms with Crippen molar-refractivity contribution in [2.75, 3.05) is 40.5 Å². The van der Waals surface area contributed by atoms with Crippen LogP contribution in [0.3, 0.4) is 0 Å². The summed E-state index contributed by atoms with van der Waals surface area (Å²) in [7, 11) is 6.10. The topological polar surface area (TPSA) is 70.6 Å². The molecule has 8 heteroatoms. The Balaban J connectivity index is 1.67. The van der Waals surface area contributed by atoms with Gasteiger partial charge in [-0.15, -0.1) is 6.42 Å². The molecule has 202 valence electrons. The highest BCUT2D eigenvalue weighted by molar-refractivity contribution is 6.30. The molecule has 1 aliphatic rings. The first kappa shape index (κ1) is 26.3. The van der Waals surface area contributed by atoms with Crippen molar-refractivity contribution < 1.29 is 23.5 Å². The first-order chi connectivity index (χ1) is 19.0. The van der Waals surface area contributed by atoms with Gasteiger partial charge in [0.15, 0.2) is 11.5 Å². The highest BCUT2D eigenvalue weighted by Gasteiger charge is 2.34. The molecule has 1 atom stereocenters. The van der Waals surface area contributed by atoms with Gasteiger partial charge in [-0.05, 0) is 64.3 Å². The lowest BCUT2D eigenvalue weighted by atomic mass is 10.1. The molecule has 0 radical (unpaired) electrons. The summed E-state index contributed by atoms with van der Waals surface area (Å²) in [5.41, 5.74) is 6.26. The molecular weight excluding hydrogens is 494 g/mol. The first-order valence-corrected chi connectivity index (χ1v) is 13.0. The molecule has 0 spiro atoms. The summed E-state index contributed by atoms with van der Waals surface area (Å²) in [5.74, 6) is 4.78. The van der Waals surface area contributed by atoms with E-state index in [9.17, 15) is 0 Å². The molecule has 0 saturated heterocycles. The third-order valence-electron chi connectivity index (χ3n) is 6.66. The van der Waals surface area contributed by atoms with Crippen molar-refractivity contribution in [2.24, 2.45) is 12.2 Å². The molecule has 2 aromatic heterocycles. The molecule has 0 aliphatic heterocycles. The SMILES string of the molecule is C#CC(O/N=C1/c2cc(OCC)c(OCC)cc2-c2c1c1cc(OCCN(C)C)ccc1n2C)c1ccoc1. The number of hydrogen-bond acceptors (Lipinski definition) is 7. The van der Waals surface area contributed by atoms with Gasteiger partial charge in [-0.25, -0.2) is 0 Å². The molecule has 8 nitrogen and oxygen atoms in total. The minimum absolute atomic E-state index is 0.505. The van der Waals surface area contributed by atoms with Gasteiger partial charge in [0.25, 0.3) is 0 Å². The summed E-state index contributed by atoms with van der Waals surface area (Å²) in [5, 5.41) is 5.67. The van der Waals surface area contributed by atoms with Crippen LogP contribution in [0.1, 0.15) is 36.6 Å². The van der Waals surface area contributed by atoms with Crippen LogP contribution < -0.4 is 14.2 Å². The van der Waals surface area contributed by atoms with Crippen molar-refractivity contribution in [3.05, 3.63) is 65.6 Å². The monoisotopic (exact) mass is 527 g/mol. The smallest absolute Gasteiger partial charge is 0.215 e. The van der Waals surface area contributed by atoms with E-state index < -0.39 is 6.10 Å². The number of ether oxygens (including phenoxy) is 3. The van der Waals surface area contributed by atoms with Crippen molar-refractivity contribution in [1.82, 2.24) is 9.47 Å². The van der Waals surface area contributed by atoms with Gasteiger partial charge in [0.1, 0.15) is 18.1 Å². The van der Waals surface area contributed by atoms with Gasteiger partial charge in [-0.3, -0.25) is 0 Å². The molecule has 2 heterocycles. The largest absolute Gasteiger partial charge is 0.492 e. The van der Waals surface area contributed by atoms with Gasteiger partial charge in [-0.1, -0.05) is 11.1 Å². The standard InChI is InChI=1S/C31H33N3O5/c1-7-26(20-12-14-35-19-20)39-32-30-22-17-27(36-8-2)28(37-9-3)18-23(22)31-29(30)24-16-21(38-15-13-33(4)5)10-11-25(24)34(31)6/h1,10-12,14,16-19,26H,8-9,13,15H2,2-6H3/b32-30-. The fourth-order valence-electron chi connectivity index (χ4n) is 4.85. The van der Waals surface area contributed by atoms with Crippen molar-refractivity contribution in [2.45, 2.75) is 20.0 Å². The Morgan fingerprint density at radius 1 is 1.03 bits per heavy atom. The normalized spacial score (nSPS) is 13.8. The molecule has 5 rings (SSSR count). The van der Waals surface area contributed by atoms with E-state index in [1.165, 1.54) is 0 Å². The van der Waals surface area contributed by atoms with Crippen LogP contribution in [0.4, 0.5) is 0 Å². The van der Waals surface area contributed by atoms with Crippen molar-refractivity contribution in [1.29, 1.82) is 0 Å². The van der Waals surface area contributed by atoms with Crippen LogP contribution in [0.2, 0.25) is 0 Å². The van der Waals surface area contributed by atoms with Gasteiger partial charge in [-0.2, -0.15) is 0 Å². The van der Waals surface area contributed by atoms with E-state index in [0.717, 1.165) is 51.1 Å². The Labute approximate surface area is 228 Å². The van der Waals surface area contributed by atoms with E-state index in [2.05, 4.69) is 32.7 Å². The van der Waals surface area contributed by atoms with Gasteiger partial charge in [0.05, 0.1) is 31.4 Å². The van der Waals surface area contributed by atoms with Crippen LogP contribution >= 0.6 is 0 Å². The highest BCUT2D eigenvalue weighted by Crippen LogP contribution is 2.47. The summed E-state index contributed by atoms with van der Waals surface area (Å²) in [4.78, 5) is 8.05. The third kappa shape index (κ3) is 4.93. The van der Waals surface area contributed by atoms with Crippen LogP contribution in [0.25, 0.3) is 22.2 Å². The molecule has 1 aliphatic carbocycles. The zero-order valence-electron chi connectivity index (χ0n) is 23.0. The molecule has 0 amide bonds. The molecule has 0 bridgehead atoms. The second kappa shape index (κ2) is 11.2. The number of oxime groups is 1. The number of nitrogens with zero attached hydrogens (tertiary/aromatic N) is 3. The lowest BCUT2D eigenvalue weighted by Crippen LogP contribution is -2.19. The van der Waals surface area contributed by atoms with E-state index in [1.54, 1.807) is 18.6 Å². The predicted octanol–water partition coefficient (Wildman–Crippen LogP) is 5.63. The van der Waals surface area contributed by atoms with Gasteiger partial charge in [0.2, 0.25) is 6.10 Å². The molecular formula is C31H33N3O5. The van der Waals surface area contributed by atoms with E-state index >= 15 is 0 Å². The summed E-state index contributed by atoms with van der Waals surface area (Å²) < 4.78 is 25.4. The molecule has 0 saturated carbocycles. The Bertz CT molecular complexity index is 1540. The molecule has 0 fully saturated rings. The Morgan fingerprint density at radius 3 is 2.41 bits per heavy atom. The van der Waals surface area contributed by atoms with Crippen LogP contribution in [0.5, 0.6) is 17.2 Å². The van der Waals surface area contributed by atoms with Crippen molar-refractivity contribution >= 4 is 16.6 Å². The van der Waals surface area contributed by atoms with Crippen molar-refractivity contribution in [3.63, 3.8) is 0 Å². The van der Waals surface area contributed by atoms with Crippen LogP contribution in [-0.2, 0) is 11.9 Å². The quantitative estimate of drug-likeness (QED) is 0.164. The molecule has 1 unspecified atom stereocenters. The molecule has 0 N–H and O–H groups in total. The Kier molecular flexibility index (Phi) is 7.53. The number of rotatable bonds is 11. The third-order valence-corrected chi connectivity index (χ3v) is 6.66. The minimum atomic E-state index is -0.697. The van der Waals surface area contributed by atoms with Crippen LogP contribution in [-0.4, -0.2) is 55.6 Å². The summed E-state index contributed by atoms with van der Waals surface area (Å²) >= 11 is 0. The van der Waals surface area contributed by atoms with Gasteiger partial charge < -0.3 is 32.9 Å². The Hall–Kier alpha value is -4.35. The lowest BCUT2D eigenvalue weighted by molar-refractivity contribution is 0.0996. The number of hydrogen-bond donors (Lipinski definition) is 0. The number of aromatic nitrogens is 1. The second-order valence-corrected chi connectivity index (χ2v) is 9.47. The van der Waals surface area contributed by atoms with Gasteiger partial charge in [0, 0.05) is 46.7 Å². The highest BCUT2D eigenvalue weighted by atomic mass is 16.6. The van der Waals surface area contributed by atoms with Crippen LogP contribution in [0.15, 0.2) is 58.5 Å². The lowest BCUT2D eigenvalue weighted by Gasteiger charge is -2.15. The zero-order valence-corrected chi connectivity index (χ0v) is 23.0. The number of furan rings is 1. The number of aryl methyl sites for hydroxylation is 1. The van der Waals surface area contributed by atoms with Crippen molar-refractivity contribution in [3.8, 4) is 40.8 Å². The maximum Gasteiger partial charge on any atom is 0.215 e. The first-order valence-electron chi connectivity index (χ1n) is 13.0. The van der Waals surface area contributed by atoms with E-state index in [1.807, 2.05) is 53.2 Å². The fourth-order valence-corrected chi connectivity index (χ4v) is 4.85.